The maximum atomic E-state index is 5.73. The molecule has 0 aliphatic heterocycles. The van der Waals surface area contributed by atoms with Gasteiger partial charge in [0, 0.05) is 18.1 Å². The van der Waals surface area contributed by atoms with Crippen molar-refractivity contribution in [1.82, 2.24) is 5.32 Å². The molecule has 0 aliphatic rings. The van der Waals surface area contributed by atoms with Crippen LogP contribution < -0.4 is 5.32 Å². The van der Waals surface area contributed by atoms with E-state index in [9.17, 15) is 0 Å². The summed E-state index contributed by atoms with van der Waals surface area (Å²) in [5, 5.41) is 4.00. The Morgan fingerprint density at radius 3 is 2.44 bits per heavy atom. The summed E-state index contributed by atoms with van der Waals surface area (Å²) in [5.41, 5.74) is 1.38. The van der Waals surface area contributed by atoms with E-state index in [2.05, 4.69) is 56.1 Å². The molecule has 0 aliphatic carbocycles. The topological polar surface area (TPSA) is 12.0 Å². The lowest BCUT2D eigenvalue weighted by atomic mass is 9.88. The zero-order valence-corrected chi connectivity index (χ0v) is 10.8. The molecule has 0 aromatic heterocycles. The molecule has 1 aromatic rings. The lowest BCUT2D eigenvalue weighted by Crippen LogP contribution is -2.25. The third kappa shape index (κ3) is 4.38. The van der Waals surface area contributed by atoms with Gasteiger partial charge >= 0.3 is 0 Å². The summed E-state index contributed by atoms with van der Waals surface area (Å²) in [7, 11) is 0. The highest BCUT2D eigenvalue weighted by Gasteiger charge is 2.14. The number of nitrogens with one attached hydrogen (secondary N) is 1. The van der Waals surface area contributed by atoms with E-state index in [4.69, 9.17) is 11.6 Å². The van der Waals surface area contributed by atoms with Crippen LogP contribution in [0.2, 0.25) is 0 Å². The molecule has 2 heteroatoms. The molecule has 1 rings (SSSR count). The van der Waals surface area contributed by atoms with Gasteiger partial charge in [-0.2, -0.15) is 0 Å². The zero-order chi connectivity index (χ0) is 12.0. The fourth-order valence-electron chi connectivity index (χ4n) is 1.80. The Kier molecular flexibility index (Phi) is 5.58. The van der Waals surface area contributed by atoms with E-state index >= 15 is 0 Å². The molecule has 0 saturated carbocycles. The van der Waals surface area contributed by atoms with Gasteiger partial charge in [0.1, 0.15) is 0 Å². The van der Waals surface area contributed by atoms with Gasteiger partial charge < -0.3 is 5.32 Å². The second kappa shape index (κ2) is 6.72. The maximum absolute atomic E-state index is 5.73. The number of hydrogen-bond acceptors (Lipinski definition) is 1. The summed E-state index contributed by atoms with van der Waals surface area (Å²) in [4.78, 5) is 0. The molecule has 16 heavy (non-hydrogen) atoms. The molecule has 0 fully saturated rings. The van der Waals surface area contributed by atoms with Crippen molar-refractivity contribution in [3.05, 3.63) is 47.5 Å². The first-order chi connectivity index (χ1) is 7.61. The second-order valence-electron chi connectivity index (χ2n) is 4.41. The molecule has 88 valence electrons. The van der Waals surface area contributed by atoms with E-state index < -0.39 is 0 Å². The minimum absolute atomic E-state index is 0.525. The molecule has 0 bridgehead atoms. The fourth-order valence-corrected chi connectivity index (χ4v) is 1.90. The molecule has 0 spiro atoms. The van der Waals surface area contributed by atoms with Gasteiger partial charge in [-0.3, -0.25) is 0 Å². The lowest BCUT2D eigenvalue weighted by Gasteiger charge is -2.21. The van der Waals surface area contributed by atoms with Crippen LogP contribution >= 0.6 is 11.6 Å². The summed E-state index contributed by atoms with van der Waals surface area (Å²) in [5.74, 6) is 1.13. The fraction of sp³-hybridized carbons (Fsp3) is 0.429. The normalized spacial score (nSPS) is 12.8. The molecule has 0 radical (unpaired) electrons. The van der Waals surface area contributed by atoms with Crippen LogP contribution in [-0.4, -0.2) is 13.1 Å². The van der Waals surface area contributed by atoms with Crippen molar-refractivity contribution in [2.75, 3.05) is 13.1 Å². The molecule has 1 nitrogen and oxygen atoms in total. The van der Waals surface area contributed by atoms with E-state index in [0.717, 1.165) is 6.54 Å². The van der Waals surface area contributed by atoms with Crippen LogP contribution in [0.5, 0.6) is 0 Å². The van der Waals surface area contributed by atoms with Crippen molar-refractivity contribution in [3.8, 4) is 0 Å². The molecular formula is C14H20ClN. The van der Waals surface area contributed by atoms with E-state index in [0.29, 0.717) is 23.4 Å². The highest BCUT2D eigenvalue weighted by molar-refractivity contribution is 6.29. The van der Waals surface area contributed by atoms with Crippen LogP contribution in [0.25, 0.3) is 0 Å². The summed E-state index contributed by atoms with van der Waals surface area (Å²) in [6.45, 7) is 9.78. The Hall–Kier alpha value is -0.790. The van der Waals surface area contributed by atoms with Crippen LogP contribution in [0, 0.1) is 5.92 Å². The van der Waals surface area contributed by atoms with Crippen LogP contribution in [0.15, 0.2) is 41.9 Å². The Bertz CT molecular complexity index is 319. The molecule has 0 amide bonds. The van der Waals surface area contributed by atoms with E-state index in [1.54, 1.807) is 0 Å². The molecule has 0 saturated heterocycles. The molecule has 0 heterocycles. The Morgan fingerprint density at radius 1 is 1.31 bits per heavy atom. The van der Waals surface area contributed by atoms with E-state index in [-0.39, 0.29) is 0 Å². The van der Waals surface area contributed by atoms with Gasteiger partial charge in [0.2, 0.25) is 0 Å². The highest BCUT2D eigenvalue weighted by atomic mass is 35.5. The maximum Gasteiger partial charge on any atom is 0.0307 e. The predicted octanol–water partition coefficient (Wildman–Crippen LogP) is 3.77. The van der Waals surface area contributed by atoms with Crippen molar-refractivity contribution in [3.63, 3.8) is 0 Å². The van der Waals surface area contributed by atoms with Gasteiger partial charge in [0.05, 0.1) is 0 Å². The average Bonchev–Trinajstić information content (AvgIpc) is 2.25. The van der Waals surface area contributed by atoms with Crippen LogP contribution in [-0.2, 0) is 0 Å². The predicted molar refractivity (Wildman–Crippen MR) is 71.9 cm³/mol. The van der Waals surface area contributed by atoms with Crippen molar-refractivity contribution >= 4 is 11.6 Å². The molecular weight excluding hydrogens is 218 g/mol. The molecule has 1 aromatic carbocycles. The van der Waals surface area contributed by atoms with E-state index in [1.165, 1.54) is 5.56 Å². The quantitative estimate of drug-likeness (QED) is 0.794. The SMILES string of the molecule is C=C(Cl)CNCC(c1ccccc1)C(C)C. The Balaban J connectivity index is 2.58. The van der Waals surface area contributed by atoms with Crippen molar-refractivity contribution in [1.29, 1.82) is 0 Å². The van der Waals surface area contributed by atoms with Crippen LogP contribution in [0.3, 0.4) is 0 Å². The van der Waals surface area contributed by atoms with Crippen LogP contribution in [0.4, 0.5) is 0 Å². The minimum Gasteiger partial charge on any atom is -0.311 e. The number of hydrogen-bond donors (Lipinski definition) is 1. The molecule has 1 atom stereocenters. The first-order valence-electron chi connectivity index (χ1n) is 5.70. The van der Waals surface area contributed by atoms with Gasteiger partial charge in [-0.15, -0.1) is 0 Å². The van der Waals surface area contributed by atoms with Gasteiger partial charge in [-0.1, -0.05) is 62.4 Å². The Labute approximate surface area is 104 Å². The van der Waals surface area contributed by atoms with Crippen molar-refractivity contribution in [2.45, 2.75) is 19.8 Å². The van der Waals surface area contributed by atoms with Crippen molar-refractivity contribution in [2.24, 2.45) is 5.92 Å². The third-order valence-corrected chi connectivity index (χ3v) is 2.85. The second-order valence-corrected chi connectivity index (χ2v) is 4.94. The van der Waals surface area contributed by atoms with Gasteiger partial charge in [-0.05, 0) is 17.4 Å². The van der Waals surface area contributed by atoms with Gasteiger partial charge in [0.15, 0.2) is 0 Å². The largest absolute Gasteiger partial charge is 0.311 e. The molecule has 1 N–H and O–H groups in total. The third-order valence-electron chi connectivity index (χ3n) is 2.71. The Morgan fingerprint density at radius 2 is 1.94 bits per heavy atom. The average molecular weight is 238 g/mol. The zero-order valence-electron chi connectivity index (χ0n) is 10.0. The monoisotopic (exact) mass is 237 g/mol. The highest BCUT2D eigenvalue weighted by Crippen LogP contribution is 2.23. The summed E-state index contributed by atoms with van der Waals surface area (Å²) < 4.78 is 0. The lowest BCUT2D eigenvalue weighted by molar-refractivity contribution is 0.471. The smallest absolute Gasteiger partial charge is 0.0307 e. The van der Waals surface area contributed by atoms with Gasteiger partial charge in [0.25, 0.3) is 0 Å². The number of benzene rings is 1. The standard InChI is InChI=1S/C14H20ClN/c1-11(2)14(10-16-9-12(3)15)13-7-5-4-6-8-13/h4-8,11,14,16H,3,9-10H2,1-2H3. The van der Waals surface area contributed by atoms with Gasteiger partial charge in [-0.25, -0.2) is 0 Å². The van der Waals surface area contributed by atoms with Crippen molar-refractivity contribution < 1.29 is 0 Å². The van der Waals surface area contributed by atoms with E-state index in [1.807, 2.05) is 0 Å². The summed E-state index contributed by atoms with van der Waals surface area (Å²) in [6.07, 6.45) is 0. The van der Waals surface area contributed by atoms with Crippen LogP contribution in [0.1, 0.15) is 25.3 Å². The number of rotatable bonds is 6. The number of halogens is 1. The summed E-state index contributed by atoms with van der Waals surface area (Å²) >= 11 is 5.73. The minimum atomic E-state index is 0.525. The first-order valence-corrected chi connectivity index (χ1v) is 6.08. The first kappa shape index (κ1) is 13.3. The summed E-state index contributed by atoms with van der Waals surface area (Å²) in [6, 6.07) is 10.6. The molecule has 1 unspecified atom stereocenters.